The van der Waals surface area contributed by atoms with Gasteiger partial charge in [0.25, 0.3) is 0 Å². The maximum absolute atomic E-state index is 14.7. The Morgan fingerprint density at radius 2 is 1.72 bits per heavy atom. The fraction of sp³-hybridized carbons (Fsp3) is 0.316. The van der Waals surface area contributed by atoms with Crippen LogP contribution in [-0.2, 0) is 19.4 Å². The predicted molar refractivity (Wildman–Crippen MR) is 99.5 cm³/mol. The van der Waals surface area contributed by atoms with E-state index < -0.39 is 56.1 Å². The third-order valence-corrected chi connectivity index (χ3v) is 7.39. The molecule has 2 aliphatic heterocycles. The first-order valence-electron chi connectivity index (χ1n) is 8.82. The lowest BCUT2D eigenvalue weighted by molar-refractivity contribution is -0.139. The predicted octanol–water partition coefficient (Wildman–Crippen LogP) is 2.80. The summed E-state index contributed by atoms with van der Waals surface area (Å²) in [6, 6.07) is 5.35. The summed E-state index contributed by atoms with van der Waals surface area (Å²) in [7, 11) is -4.20. The lowest BCUT2D eigenvalue weighted by Gasteiger charge is -2.35. The molecular weight excluding hydrogens is 428 g/mol. The van der Waals surface area contributed by atoms with E-state index in [2.05, 4.69) is 5.32 Å². The summed E-state index contributed by atoms with van der Waals surface area (Å²) < 4.78 is 66.1. The molecule has 29 heavy (non-hydrogen) atoms. The van der Waals surface area contributed by atoms with Gasteiger partial charge in [0.15, 0.2) is 21.4 Å². The molecule has 10 heteroatoms. The number of carbonyl (C=O) groups is 1. The third-order valence-electron chi connectivity index (χ3n) is 4.98. The number of cyclic esters (lactones) is 1. The molecule has 1 N–H and O–H groups in total. The molecule has 1 saturated heterocycles. The second-order valence-electron chi connectivity index (χ2n) is 6.78. The first-order chi connectivity index (χ1) is 13.8. The van der Waals surface area contributed by atoms with Crippen LogP contribution in [-0.4, -0.2) is 39.7 Å². The molecule has 0 bridgehead atoms. The summed E-state index contributed by atoms with van der Waals surface area (Å²) in [6.45, 7) is -0.0765. The van der Waals surface area contributed by atoms with Gasteiger partial charge in [0.05, 0.1) is 23.1 Å². The summed E-state index contributed by atoms with van der Waals surface area (Å²) >= 11 is 5.84. The number of hydrogen-bond acceptors (Lipinski definition) is 6. The van der Waals surface area contributed by atoms with Crippen molar-refractivity contribution < 1.29 is 31.5 Å². The molecule has 1 fully saturated rings. The zero-order valence-corrected chi connectivity index (χ0v) is 16.5. The van der Waals surface area contributed by atoms with Gasteiger partial charge in [0.1, 0.15) is 23.7 Å². The van der Waals surface area contributed by atoms with Crippen molar-refractivity contribution >= 4 is 27.4 Å². The first kappa shape index (κ1) is 20.1. The minimum atomic E-state index is -4.20. The van der Waals surface area contributed by atoms with Crippen LogP contribution >= 0.6 is 11.6 Å². The maximum Gasteiger partial charge on any atom is 0.323 e. The van der Waals surface area contributed by atoms with Crippen LogP contribution in [0.5, 0.6) is 5.75 Å². The van der Waals surface area contributed by atoms with Crippen LogP contribution in [0, 0.1) is 11.6 Å². The Bertz CT molecular complexity index is 1060. The number of fused-ring (bicyclic) bond motifs is 1. The van der Waals surface area contributed by atoms with Gasteiger partial charge in [-0.3, -0.25) is 10.1 Å². The molecule has 2 aromatic rings. The number of esters is 1. The largest absolute Gasteiger partial charge is 0.488 e. The maximum atomic E-state index is 14.7. The van der Waals surface area contributed by atoms with Gasteiger partial charge in [-0.25, -0.2) is 17.2 Å². The highest BCUT2D eigenvalue weighted by molar-refractivity contribution is 7.91. The summed E-state index contributed by atoms with van der Waals surface area (Å²) in [4.78, 5) is 11.7. The van der Waals surface area contributed by atoms with E-state index in [1.165, 1.54) is 24.3 Å². The molecule has 4 rings (SSSR count). The molecule has 2 aromatic carbocycles. The van der Waals surface area contributed by atoms with Crippen molar-refractivity contribution in [1.29, 1.82) is 0 Å². The highest BCUT2D eigenvalue weighted by Gasteiger charge is 2.46. The Morgan fingerprint density at radius 3 is 2.38 bits per heavy atom. The minimum Gasteiger partial charge on any atom is -0.488 e. The van der Waals surface area contributed by atoms with Gasteiger partial charge in [0.2, 0.25) is 0 Å². The Kier molecular flexibility index (Phi) is 5.22. The topological polar surface area (TPSA) is 81.7 Å². The second kappa shape index (κ2) is 7.55. The molecule has 0 unspecified atom stereocenters. The fourth-order valence-corrected chi connectivity index (χ4v) is 5.66. The average Bonchev–Trinajstić information content (AvgIpc) is 3.09. The van der Waals surface area contributed by atoms with Crippen LogP contribution < -0.4 is 10.1 Å². The fourth-order valence-electron chi connectivity index (χ4n) is 3.61. The smallest absolute Gasteiger partial charge is 0.323 e. The van der Waals surface area contributed by atoms with Crippen molar-refractivity contribution in [3.8, 4) is 5.75 Å². The number of benzene rings is 2. The molecule has 0 aromatic heterocycles. The molecule has 3 atom stereocenters. The van der Waals surface area contributed by atoms with Gasteiger partial charge in [-0.15, -0.1) is 0 Å². The zero-order chi connectivity index (χ0) is 20.8. The highest BCUT2D eigenvalue weighted by atomic mass is 35.5. The molecule has 2 heterocycles. The lowest BCUT2D eigenvalue weighted by Crippen LogP contribution is -2.51. The quantitative estimate of drug-likeness (QED) is 0.732. The van der Waals surface area contributed by atoms with Crippen LogP contribution in [0.25, 0.3) is 0 Å². The van der Waals surface area contributed by atoms with Crippen LogP contribution in [0.1, 0.15) is 17.2 Å². The summed E-state index contributed by atoms with van der Waals surface area (Å²) in [5, 5.41) is 1.71. The molecule has 0 radical (unpaired) electrons. The lowest BCUT2D eigenvalue weighted by atomic mass is 10.00. The number of rotatable bonds is 4. The number of nitrogens with one attached hydrogen (secondary N) is 1. The number of halogens is 3. The standard InChI is InChI=1S/C19H16ClF2NO5S/c20-10-1-3-11(4-2-10)29(25,26)18-15(23-14-7-8-27-19(14)24)9-28-17-13(22)6-5-12(21)16(17)18/h1-6,14-15,18,23H,7-9H2/t14-,15+,18+/m0/s1. The van der Waals surface area contributed by atoms with Crippen molar-refractivity contribution in [1.82, 2.24) is 5.32 Å². The van der Waals surface area contributed by atoms with E-state index in [9.17, 15) is 22.0 Å². The minimum absolute atomic E-state index is 0.107. The monoisotopic (exact) mass is 443 g/mol. The van der Waals surface area contributed by atoms with Crippen molar-refractivity contribution in [2.45, 2.75) is 28.6 Å². The Hall–Kier alpha value is -2.23. The third kappa shape index (κ3) is 3.58. The van der Waals surface area contributed by atoms with Crippen molar-refractivity contribution in [3.05, 3.63) is 58.6 Å². The number of sulfone groups is 1. The van der Waals surface area contributed by atoms with Gasteiger partial charge in [-0.1, -0.05) is 11.6 Å². The van der Waals surface area contributed by atoms with Crippen molar-refractivity contribution in [2.75, 3.05) is 13.2 Å². The Balaban J connectivity index is 1.83. The van der Waals surface area contributed by atoms with Crippen LogP contribution in [0.4, 0.5) is 8.78 Å². The van der Waals surface area contributed by atoms with Gasteiger partial charge in [0, 0.05) is 11.4 Å². The van der Waals surface area contributed by atoms with Crippen LogP contribution in [0.3, 0.4) is 0 Å². The van der Waals surface area contributed by atoms with Crippen molar-refractivity contribution in [3.63, 3.8) is 0 Å². The molecule has 0 aliphatic carbocycles. The second-order valence-corrected chi connectivity index (χ2v) is 9.29. The average molecular weight is 444 g/mol. The van der Waals surface area contributed by atoms with Gasteiger partial charge in [-0.2, -0.15) is 0 Å². The highest BCUT2D eigenvalue weighted by Crippen LogP contribution is 2.43. The van der Waals surface area contributed by atoms with E-state index in [1.807, 2.05) is 0 Å². The molecule has 0 amide bonds. The van der Waals surface area contributed by atoms with Crippen LogP contribution in [0.2, 0.25) is 5.02 Å². The summed E-state index contributed by atoms with van der Waals surface area (Å²) in [5.41, 5.74) is -0.407. The SMILES string of the molecule is O=C1OCC[C@@H]1N[C@@H]1COc2c(F)ccc(F)c2[C@@H]1S(=O)(=O)c1ccc(Cl)cc1. The number of ether oxygens (including phenoxy) is 2. The molecule has 2 aliphatic rings. The molecular formula is C19H16ClF2NO5S. The van der Waals surface area contributed by atoms with Gasteiger partial charge in [-0.05, 0) is 36.4 Å². The molecule has 0 saturated carbocycles. The van der Waals surface area contributed by atoms with Crippen LogP contribution in [0.15, 0.2) is 41.3 Å². The first-order valence-corrected chi connectivity index (χ1v) is 10.7. The van der Waals surface area contributed by atoms with Gasteiger partial charge >= 0.3 is 5.97 Å². The van der Waals surface area contributed by atoms with Gasteiger partial charge < -0.3 is 9.47 Å². The number of carbonyl (C=O) groups excluding carboxylic acids is 1. The van der Waals surface area contributed by atoms with Crippen molar-refractivity contribution in [2.24, 2.45) is 0 Å². The van der Waals surface area contributed by atoms with E-state index in [4.69, 9.17) is 21.1 Å². The molecule has 6 nitrogen and oxygen atoms in total. The van der Waals surface area contributed by atoms with E-state index in [0.717, 1.165) is 12.1 Å². The van der Waals surface area contributed by atoms with E-state index >= 15 is 0 Å². The Morgan fingerprint density at radius 1 is 1.03 bits per heavy atom. The molecule has 154 valence electrons. The number of hydrogen-bond donors (Lipinski definition) is 1. The Labute approximate surface area is 170 Å². The normalized spacial score (nSPS) is 24.0. The van der Waals surface area contributed by atoms with E-state index in [-0.39, 0.29) is 18.1 Å². The molecule has 0 spiro atoms. The van der Waals surface area contributed by atoms with E-state index in [0.29, 0.717) is 11.4 Å². The zero-order valence-electron chi connectivity index (χ0n) is 14.9. The van der Waals surface area contributed by atoms with E-state index in [1.54, 1.807) is 0 Å². The summed E-state index contributed by atoms with van der Waals surface area (Å²) in [5.74, 6) is -2.75. The summed E-state index contributed by atoms with van der Waals surface area (Å²) in [6.07, 6.45) is 0.335.